The van der Waals surface area contributed by atoms with Crippen molar-refractivity contribution in [2.45, 2.75) is 19.6 Å². The Morgan fingerprint density at radius 1 is 1.03 bits per heavy atom. The second kappa shape index (κ2) is 9.07. The number of aryl methyl sites for hydroxylation is 1. The molecular weight excluding hydrogens is 410 g/mol. The molecule has 1 aromatic heterocycles. The minimum Gasteiger partial charge on any atom is -0.387 e. The molecule has 0 amide bonds. The van der Waals surface area contributed by atoms with Crippen LogP contribution in [-0.4, -0.2) is 14.6 Å². The summed E-state index contributed by atoms with van der Waals surface area (Å²) in [6.07, 6.45) is -0.839. The summed E-state index contributed by atoms with van der Waals surface area (Å²) in [6.45, 7) is 2.32. The number of hydrogen-bond acceptors (Lipinski definition) is 5. The van der Waals surface area contributed by atoms with Crippen LogP contribution in [0.4, 0.5) is 11.4 Å². The predicted octanol–water partition coefficient (Wildman–Crippen LogP) is 5.40. The highest BCUT2D eigenvalue weighted by molar-refractivity contribution is 7.07. The minimum atomic E-state index is -0.839. The summed E-state index contributed by atoms with van der Waals surface area (Å²) >= 11 is 1.51. The van der Waals surface area contributed by atoms with Crippen LogP contribution in [0.5, 0.6) is 0 Å². The maximum absolute atomic E-state index is 10.9. The monoisotopic (exact) mass is 431 g/mol. The highest BCUT2D eigenvalue weighted by atomic mass is 32.1. The van der Waals surface area contributed by atoms with Crippen LogP contribution in [0.25, 0.3) is 11.3 Å². The second-order valence-corrected chi connectivity index (χ2v) is 8.03. The first-order chi connectivity index (χ1) is 15.0. The molecule has 0 saturated heterocycles. The van der Waals surface area contributed by atoms with Crippen LogP contribution in [0.15, 0.2) is 89.2 Å². The Balaban J connectivity index is 1.74. The number of benzene rings is 3. The van der Waals surface area contributed by atoms with E-state index in [-0.39, 0.29) is 12.2 Å². The molecule has 156 valence electrons. The largest absolute Gasteiger partial charge is 0.387 e. The van der Waals surface area contributed by atoms with Crippen molar-refractivity contribution < 1.29 is 10.0 Å². The molecule has 4 rings (SSSR count). The standard InChI is InChI=1S/C24H21N3O3S/c1-17-7-9-18(10-8-17)22-16-31-24(25-20-5-3-2-4-6-20)26(22)15-23(28)19-11-13-21(14-12-19)27(29)30/h2-14,16,23,28H,15H2,1H3/t23-/m0/s1. The molecule has 0 aliphatic rings. The van der Waals surface area contributed by atoms with Crippen LogP contribution < -0.4 is 4.80 Å². The van der Waals surface area contributed by atoms with E-state index >= 15 is 0 Å². The zero-order chi connectivity index (χ0) is 21.8. The summed E-state index contributed by atoms with van der Waals surface area (Å²) in [7, 11) is 0. The number of non-ortho nitro benzene ring substituents is 1. The van der Waals surface area contributed by atoms with Gasteiger partial charge in [0.1, 0.15) is 0 Å². The molecule has 31 heavy (non-hydrogen) atoms. The Bertz CT molecular complexity index is 1240. The van der Waals surface area contributed by atoms with E-state index in [1.165, 1.54) is 29.0 Å². The molecule has 1 heterocycles. The Kier molecular flexibility index (Phi) is 6.06. The molecular formula is C24H21N3O3S. The SMILES string of the molecule is Cc1ccc(-c2csc(=Nc3ccccc3)n2C[C@H](O)c2ccc([N+](=O)[O-])cc2)cc1. The van der Waals surface area contributed by atoms with Gasteiger partial charge in [-0.15, -0.1) is 11.3 Å². The van der Waals surface area contributed by atoms with E-state index in [9.17, 15) is 15.2 Å². The quantitative estimate of drug-likeness (QED) is 0.328. The molecule has 3 aromatic carbocycles. The average molecular weight is 432 g/mol. The van der Waals surface area contributed by atoms with E-state index in [1.54, 1.807) is 12.1 Å². The van der Waals surface area contributed by atoms with Gasteiger partial charge in [-0.1, -0.05) is 48.0 Å². The first-order valence-electron chi connectivity index (χ1n) is 9.79. The van der Waals surface area contributed by atoms with Gasteiger partial charge in [-0.2, -0.15) is 0 Å². The molecule has 0 radical (unpaired) electrons. The lowest BCUT2D eigenvalue weighted by molar-refractivity contribution is -0.384. The van der Waals surface area contributed by atoms with Crippen LogP contribution in [0, 0.1) is 17.0 Å². The number of aliphatic hydroxyl groups is 1. The molecule has 7 heteroatoms. The van der Waals surface area contributed by atoms with Crippen molar-refractivity contribution in [3.05, 3.63) is 110 Å². The zero-order valence-corrected chi connectivity index (χ0v) is 17.7. The first kappa shape index (κ1) is 20.7. The number of hydrogen-bond donors (Lipinski definition) is 1. The van der Waals surface area contributed by atoms with Crippen molar-refractivity contribution in [3.63, 3.8) is 0 Å². The average Bonchev–Trinajstić information content (AvgIpc) is 3.17. The molecule has 1 atom stereocenters. The molecule has 0 saturated carbocycles. The summed E-state index contributed by atoms with van der Waals surface area (Å²) in [5.41, 5.74) is 4.61. The fraction of sp³-hybridized carbons (Fsp3) is 0.125. The number of para-hydroxylation sites is 1. The summed E-state index contributed by atoms with van der Waals surface area (Å²) in [4.78, 5) is 16.0. The number of thiazole rings is 1. The van der Waals surface area contributed by atoms with E-state index in [0.29, 0.717) is 5.56 Å². The van der Waals surface area contributed by atoms with Crippen molar-refractivity contribution in [1.82, 2.24) is 4.57 Å². The zero-order valence-electron chi connectivity index (χ0n) is 16.9. The highest BCUT2D eigenvalue weighted by Crippen LogP contribution is 2.25. The third kappa shape index (κ3) is 4.79. The third-order valence-corrected chi connectivity index (χ3v) is 5.83. The van der Waals surface area contributed by atoms with Crippen molar-refractivity contribution in [3.8, 4) is 11.3 Å². The Morgan fingerprint density at radius 3 is 2.35 bits per heavy atom. The van der Waals surface area contributed by atoms with Crippen molar-refractivity contribution in [2.24, 2.45) is 4.99 Å². The lowest BCUT2D eigenvalue weighted by Gasteiger charge is -2.15. The molecule has 4 aromatic rings. The van der Waals surface area contributed by atoms with Crippen LogP contribution >= 0.6 is 11.3 Å². The van der Waals surface area contributed by atoms with Gasteiger partial charge in [0, 0.05) is 17.5 Å². The second-order valence-electron chi connectivity index (χ2n) is 7.19. The topological polar surface area (TPSA) is 80.7 Å². The smallest absolute Gasteiger partial charge is 0.269 e. The van der Waals surface area contributed by atoms with Gasteiger partial charge in [0.25, 0.3) is 5.69 Å². The number of nitrogens with zero attached hydrogens (tertiary/aromatic N) is 3. The molecule has 0 aliphatic heterocycles. The van der Waals surface area contributed by atoms with Crippen LogP contribution in [0.3, 0.4) is 0 Å². The minimum absolute atomic E-state index is 0.000697. The highest BCUT2D eigenvalue weighted by Gasteiger charge is 2.15. The predicted molar refractivity (Wildman–Crippen MR) is 122 cm³/mol. The molecule has 0 unspecified atom stereocenters. The summed E-state index contributed by atoms with van der Waals surface area (Å²) in [5.74, 6) is 0. The Hall–Kier alpha value is -3.55. The Morgan fingerprint density at radius 2 is 1.71 bits per heavy atom. The number of nitro benzene ring substituents is 1. The summed E-state index contributed by atoms with van der Waals surface area (Å²) < 4.78 is 1.99. The van der Waals surface area contributed by atoms with Gasteiger partial charge in [0.2, 0.25) is 0 Å². The number of aliphatic hydroxyl groups excluding tert-OH is 1. The van der Waals surface area contributed by atoms with Crippen LogP contribution in [0.1, 0.15) is 17.2 Å². The van der Waals surface area contributed by atoms with Crippen molar-refractivity contribution in [1.29, 1.82) is 0 Å². The van der Waals surface area contributed by atoms with E-state index in [0.717, 1.165) is 21.7 Å². The van der Waals surface area contributed by atoms with Gasteiger partial charge >= 0.3 is 0 Å². The summed E-state index contributed by atoms with van der Waals surface area (Å²) in [5, 5.41) is 23.8. The fourth-order valence-corrected chi connectivity index (χ4v) is 4.20. The molecule has 0 spiro atoms. The van der Waals surface area contributed by atoms with Gasteiger partial charge in [-0.25, -0.2) is 4.99 Å². The molecule has 0 bridgehead atoms. The summed E-state index contributed by atoms with van der Waals surface area (Å²) in [6, 6.07) is 23.9. The van der Waals surface area contributed by atoms with Crippen molar-refractivity contribution >= 4 is 22.7 Å². The van der Waals surface area contributed by atoms with Crippen LogP contribution in [0.2, 0.25) is 0 Å². The normalized spacial score (nSPS) is 12.6. The van der Waals surface area contributed by atoms with Gasteiger partial charge < -0.3 is 9.67 Å². The molecule has 1 N–H and O–H groups in total. The van der Waals surface area contributed by atoms with Gasteiger partial charge in [0.15, 0.2) is 4.80 Å². The third-order valence-electron chi connectivity index (χ3n) is 4.97. The number of rotatable bonds is 6. The number of nitro groups is 1. The van der Waals surface area contributed by atoms with Crippen LogP contribution in [-0.2, 0) is 6.54 Å². The van der Waals surface area contributed by atoms with Crippen molar-refractivity contribution in [2.75, 3.05) is 0 Å². The lowest BCUT2D eigenvalue weighted by Crippen LogP contribution is -2.20. The van der Waals surface area contributed by atoms with E-state index in [1.807, 2.05) is 47.2 Å². The van der Waals surface area contributed by atoms with E-state index in [4.69, 9.17) is 4.99 Å². The molecule has 0 fully saturated rings. The van der Waals surface area contributed by atoms with E-state index < -0.39 is 11.0 Å². The maximum Gasteiger partial charge on any atom is 0.269 e. The molecule has 6 nitrogen and oxygen atoms in total. The number of aromatic nitrogens is 1. The molecule has 0 aliphatic carbocycles. The maximum atomic E-state index is 10.9. The lowest BCUT2D eigenvalue weighted by atomic mass is 10.1. The Labute approximate surface area is 183 Å². The van der Waals surface area contributed by atoms with Gasteiger partial charge in [-0.3, -0.25) is 10.1 Å². The first-order valence-corrected chi connectivity index (χ1v) is 10.7. The van der Waals surface area contributed by atoms with E-state index in [2.05, 4.69) is 24.3 Å². The van der Waals surface area contributed by atoms with Gasteiger partial charge in [0.05, 0.1) is 29.0 Å². The van der Waals surface area contributed by atoms with Gasteiger partial charge in [-0.05, 0) is 42.3 Å². The fourth-order valence-electron chi connectivity index (χ4n) is 3.26.